The number of para-hydroxylation sites is 2. The lowest BCUT2D eigenvalue weighted by molar-refractivity contribution is 0.417. The Kier molecular flexibility index (Phi) is 5.31. The molecule has 1 heterocycles. The summed E-state index contributed by atoms with van der Waals surface area (Å²) < 4.78 is 7.18. The number of ether oxygens (including phenoxy) is 1. The van der Waals surface area contributed by atoms with Gasteiger partial charge in [0.25, 0.3) is 0 Å². The van der Waals surface area contributed by atoms with Gasteiger partial charge in [0.15, 0.2) is 5.96 Å². The number of guanidine groups is 1. The molecule has 2 aromatic carbocycles. The summed E-state index contributed by atoms with van der Waals surface area (Å²) >= 11 is 0. The SMILES string of the molecule is COc1ccccc1NC(N)=NCc1cnn(Cc2ccccc2)c1. The van der Waals surface area contributed by atoms with Crippen LogP contribution in [0.15, 0.2) is 72.0 Å². The molecule has 0 fully saturated rings. The maximum absolute atomic E-state index is 5.96. The van der Waals surface area contributed by atoms with Crippen molar-refractivity contribution in [2.24, 2.45) is 10.7 Å². The largest absolute Gasteiger partial charge is 0.495 e. The molecular formula is C19H21N5O. The molecule has 0 bridgehead atoms. The number of methoxy groups -OCH3 is 1. The molecule has 1 aromatic heterocycles. The second-order valence-corrected chi connectivity index (χ2v) is 5.56. The number of aliphatic imine (C=N–C) groups is 1. The van der Waals surface area contributed by atoms with Gasteiger partial charge in [-0.2, -0.15) is 5.10 Å². The van der Waals surface area contributed by atoms with Crippen molar-refractivity contribution in [1.82, 2.24) is 9.78 Å². The van der Waals surface area contributed by atoms with Gasteiger partial charge in [0.2, 0.25) is 0 Å². The first-order valence-electron chi connectivity index (χ1n) is 8.00. The van der Waals surface area contributed by atoms with Crippen LogP contribution in [-0.4, -0.2) is 22.8 Å². The molecule has 6 heteroatoms. The maximum atomic E-state index is 5.96. The highest BCUT2D eigenvalue weighted by atomic mass is 16.5. The van der Waals surface area contributed by atoms with Crippen LogP contribution in [0.3, 0.4) is 0 Å². The Balaban J connectivity index is 1.60. The van der Waals surface area contributed by atoms with E-state index in [0.29, 0.717) is 12.5 Å². The maximum Gasteiger partial charge on any atom is 0.193 e. The van der Waals surface area contributed by atoms with Crippen LogP contribution in [0.2, 0.25) is 0 Å². The predicted molar refractivity (Wildman–Crippen MR) is 99.7 cm³/mol. The molecule has 0 aliphatic heterocycles. The van der Waals surface area contributed by atoms with Crippen molar-refractivity contribution in [1.29, 1.82) is 0 Å². The van der Waals surface area contributed by atoms with E-state index in [9.17, 15) is 0 Å². The fraction of sp³-hybridized carbons (Fsp3) is 0.158. The van der Waals surface area contributed by atoms with Crippen molar-refractivity contribution in [3.63, 3.8) is 0 Å². The molecule has 3 aromatic rings. The summed E-state index contributed by atoms with van der Waals surface area (Å²) in [6.07, 6.45) is 3.79. The lowest BCUT2D eigenvalue weighted by Crippen LogP contribution is -2.22. The van der Waals surface area contributed by atoms with E-state index in [1.54, 1.807) is 7.11 Å². The third-order valence-electron chi connectivity index (χ3n) is 3.68. The summed E-state index contributed by atoms with van der Waals surface area (Å²) in [7, 11) is 1.62. The third kappa shape index (κ3) is 4.60. The molecule has 0 saturated heterocycles. The third-order valence-corrected chi connectivity index (χ3v) is 3.68. The van der Waals surface area contributed by atoms with Crippen molar-refractivity contribution in [3.8, 4) is 5.75 Å². The van der Waals surface area contributed by atoms with E-state index in [1.165, 1.54) is 5.56 Å². The number of nitrogens with two attached hydrogens (primary N) is 1. The van der Waals surface area contributed by atoms with E-state index in [2.05, 4.69) is 27.5 Å². The van der Waals surface area contributed by atoms with Crippen molar-refractivity contribution < 1.29 is 4.74 Å². The molecule has 0 aliphatic carbocycles. The highest BCUT2D eigenvalue weighted by molar-refractivity contribution is 5.93. The zero-order valence-electron chi connectivity index (χ0n) is 14.1. The molecule has 0 radical (unpaired) electrons. The van der Waals surface area contributed by atoms with Crippen LogP contribution in [0.1, 0.15) is 11.1 Å². The summed E-state index contributed by atoms with van der Waals surface area (Å²) in [6, 6.07) is 17.8. The molecule has 3 rings (SSSR count). The van der Waals surface area contributed by atoms with E-state index >= 15 is 0 Å². The van der Waals surface area contributed by atoms with E-state index in [4.69, 9.17) is 10.5 Å². The summed E-state index contributed by atoms with van der Waals surface area (Å²) in [5, 5.41) is 7.42. The first kappa shape index (κ1) is 16.6. The summed E-state index contributed by atoms with van der Waals surface area (Å²) in [5.74, 6) is 1.05. The fourth-order valence-corrected chi connectivity index (χ4v) is 2.45. The molecule has 0 unspecified atom stereocenters. The monoisotopic (exact) mass is 335 g/mol. The van der Waals surface area contributed by atoms with E-state index < -0.39 is 0 Å². The number of hydrogen-bond donors (Lipinski definition) is 2. The van der Waals surface area contributed by atoms with Gasteiger partial charge >= 0.3 is 0 Å². The smallest absolute Gasteiger partial charge is 0.193 e. The number of benzene rings is 2. The predicted octanol–water partition coefficient (Wildman–Crippen LogP) is 2.87. The van der Waals surface area contributed by atoms with E-state index in [0.717, 1.165) is 23.5 Å². The van der Waals surface area contributed by atoms with Crippen LogP contribution in [0.4, 0.5) is 5.69 Å². The van der Waals surface area contributed by atoms with Gasteiger partial charge in [-0.25, -0.2) is 4.99 Å². The number of rotatable bonds is 6. The van der Waals surface area contributed by atoms with Gasteiger partial charge in [-0.05, 0) is 17.7 Å². The Bertz CT molecular complexity index is 842. The minimum absolute atomic E-state index is 0.334. The average Bonchev–Trinajstić information content (AvgIpc) is 3.09. The first-order chi connectivity index (χ1) is 12.2. The molecule has 0 atom stereocenters. The van der Waals surface area contributed by atoms with Crippen molar-refractivity contribution in [2.45, 2.75) is 13.1 Å². The molecule has 0 aliphatic rings. The van der Waals surface area contributed by atoms with Gasteiger partial charge in [0.1, 0.15) is 5.75 Å². The summed E-state index contributed by atoms with van der Waals surface area (Å²) in [4.78, 5) is 4.36. The number of anilines is 1. The Morgan fingerprint density at radius 3 is 2.68 bits per heavy atom. The Hall–Kier alpha value is -3.28. The Labute approximate surface area is 147 Å². The first-order valence-corrected chi connectivity index (χ1v) is 8.00. The van der Waals surface area contributed by atoms with Crippen molar-refractivity contribution in [3.05, 3.63) is 78.1 Å². The lowest BCUT2D eigenvalue weighted by atomic mass is 10.2. The number of nitrogens with zero attached hydrogens (tertiary/aromatic N) is 3. The standard InChI is InChI=1S/C19H21N5O/c1-25-18-10-6-5-9-17(18)23-19(20)21-11-16-12-22-24(14-16)13-15-7-3-2-4-8-15/h2-10,12,14H,11,13H2,1H3,(H3,20,21,23). The summed E-state index contributed by atoms with van der Waals surface area (Å²) in [6.45, 7) is 1.20. The molecule has 0 spiro atoms. The second kappa shape index (κ2) is 8.01. The Morgan fingerprint density at radius 1 is 1.12 bits per heavy atom. The van der Waals surface area contributed by atoms with E-state index in [-0.39, 0.29) is 0 Å². The fourth-order valence-electron chi connectivity index (χ4n) is 2.45. The number of nitrogens with one attached hydrogen (secondary N) is 1. The van der Waals surface area contributed by atoms with Crippen molar-refractivity contribution in [2.75, 3.05) is 12.4 Å². The highest BCUT2D eigenvalue weighted by Gasteiger charge is 2.03. The molecular weight excluding hydrogens is 314 g/mol. The Morgan fingerprint density at radius 2 is 1.88 bits per heavy atom. The van der Waals surface area contributed by atoms with Gasteiger partial charge in [0.05, 0.1) is 32.1 Å². The van der Waals surface area contributed by atoms with Gasteiger partial charge in [-0.1, -0.05) is 42.5 Å². The summed E-state index contributed by atoms with van der Waals surface area (Å²) in [5.41, 5.74) is 8.95. The molecule has 6 nitrogen and oxygen atoms in total. The van der Waals surface area contributed by atoms with Crippen LogP contribution in [0.25, 0.3) is 0 Å². The van der Waals surface area contributed by atoms with Gasteiger partial charge in [0, 0.05) is 11.8 Å². The minimum atomic E-state index is 0.334. The van der Waals surface area contributed by atoms with E-state index in [1.807, 2.05) is 59.5 Å². The molecule has 3 N–H and O–H groups in total. The lowest BCUT2D eigenvalue weighted by Gasteiger charge is -2.09. The molecule has 0 saturated carbocycles. The normalized spacial score (nSPS) is 11.3. The van der Waals surface area contributed by atoms with Gasteiger partial charge in [-0.3, -0.25) is 4.68 Å². The van der Waals surface area contributed by atoms with Crippen LogP contribution >= 0.6 is 0 Å². The quantitative estimate of drug-likeness (QED) is 0.536. The highest BCUT2D eigenvalue weighted by Crippen LogP contribution is 2.22. The zero-order valence-corrected chi connectivity index (χ0v) is 14.1. The number of hydrogen-bond acceptors (Lipinski definition) is 3. The number of aromatic nitrogens is 2. The zero-order chi connectivity index (χ0) is 17.5. The van der Waals surface area contributed by atoms with Crippen LogP contribution in [0.5, 0.6) is 5.75 Å². The molecule has 128 valence electrons. The van der Waals surface area contributed by atoms with Crippen molar-refractivity contribution >= 4 is 11.6 Å². The topological polar surface area (TPSA) is 77.5 Å². The van der Waals surface area contributed by atoms with Gasteiger partial charge < -0.3 is 15.8 Å². The molecule has 0 amide bonds. The second-order valence-electron chi connectivity index (χ2n) is 5.56. The van der Waals surface area contributed by atoms with Crippen LogP contribution in [-0.2, 0) is 13.1 Å². The van der Waals surface area contributed by atoms with Crippen LogP contribution in [0, 0.1) is 0 Å². The molecule has 25 heavy (non-hydrogen) atoms. The van der Waals surface area contributed by atoms with Crippen LogP contribution < -0.4 is 15.8 Å². The van der Waals surface area contributed by atoms with Gasteiger partial charge in [-0.15, -0.1) is 0 Å². The average molecular weight is 335 g/mol. The minimum Gasteiger partial charge on any atom is -0.495 e.